The lowest BCUT2D eigenvalue weighted by atomic mass is 10.2. The van der Waals surface area contributed by atoms with E-state index in [4.69, 9.17) is 5.26 Å². The van der Waals surface area contributed by atoms with E-state index in [2.05, 4.69) is 6.07 Å². The van der Waals surface area contributed by atoms with E-state index in [1.807, 2.05) is 55.5 Å². The van der Waals surface area contributed by atoms with Crippen LogP contribution in [0.3, 0.4) is 0 Å². The lowest BCUT2D eigenvalue weighted by Gasteiger charge is -2.07. The molecule has 0 saturated heterocycles. The second-order valence-corrected chi connectivity index (χ2v) is 5.47. The van der Waals surface area contributed by atoms with Crippen molar-refractivity contribution in [1.29, 1.82) is 5.26 Å². The quantitative estimate of drug-likeness (QED) is 0.845. The van der Waals surface area contributed by atoms with E-state index in [9.17, 15) is 4.21 Å². The predicted molar refractivity (Wildman–Crippen MR) is 71.6 cm³/mol. The van der Waals surface area contributed by atoms with Crippen LogP contribution in [-0.4, -0.2) is 4.21 Å². The smallest absolute Gasteiger partial charge is 0.0852 e. The molecule has 3 heteroatoms. The van der Waals surface area contributed by atoms with Crippen LogP contribution in [0.1, 0.15) is 11.1 Å². The molecule has 90 valence electrons. The summed E-state index contributed by atoms with van der Waals surface area (Å²) < 4.78 is 12.5. The molecule has 0 radical (unpaired) electrons. The summed E-state index contributed by atoms with van der Waals surface area (Å²) in [5.41, 5.74) is 1.97. The summed E-state index contributed by atoms with van der Waals surface area (Å²) in [7, 11) is -1.22. The first-order valence-electron chi connectivity index (χ1n) is 5.65. The molecule has 0 spiro atoms. The molecule has 2 nitrogen and oxygen atoms in total. The van der Waals surface area contributed by atoms with E-state index in [1.54, 1.807) is 0 Å². The van der Waals surface area contributed by atoms with Gasteiger partial charge in [0.1, 0.15) is 0 Å². The van der Waals surface area contributed by atoms with E-state index < -0.39 is 10.8 Å². The molecule has 0 bridgehead atoms. The average Bonchev–Trinajstić information content (AvgIpc) is 2.40. The molecule has 2 aromatic carbocycles. The van der Waals surface area contributed by atoms with Gasteiger partial charge in [-0.15, -0.1) is 0 Å². The Morgan fingerprint density at radius 3 is 2.44 bits per heavy atom. The summed E-state index contributed by atoms with van der Waals surface area (Å²) >= 11 is 0. The fourth-order valence-electron chi connectivity index (χ4n) is 1.70. The van der Waals surface area contributed by atoms with Crippen molar-refractivity contribution in [1.82, 2.24) is 0 Å². The Kier molecular flexibility index (Phi) is 3.91. The van der Waals surface area contributed by atoms with Crippen LogP contribution in [0.15, 0.2) is 58.3 Å². The second kappa shape index (κ2) is 5.61. The third-order valence-electron chi connectivity index (χ3n) is 2.68. The van der Waals surface area contributed by atoms with Gasteiger partial charge in [-0.25, -0.2) is 4.21 Å². The van der Waals surface area contributed by atoms with Crippen molar-refractivity contribution >= 4 is 10.8 Å². The Hall–Kier alpha value is -1.92. The fraction of sp³-hybridized carbons (Fsp3) is 0.133. The van der Waals surface area contributed by atoms with Crippen molar-refractivity contribution in [2.24, 2.45) is 0 Å². The minimum atomic E-state index is -1.22. The predicted octanol–water partition coefficient (Wildman–Crippen LogP) is 3.23. The van der Waals surface area contributed by atoms with Gasteiger partial charge in [0.15, 0.2) is 0 Å². The molecule has 0 aliphatic rings. The molecule has 0 aliphatic heterocycles. The molecule has 2 rings (SSSR count). The number of aryl methyl sites for hydroxylation is 1. The highest BCUT2D eigenvalue weighted by Gasteiger charge is 2.11. The highest BCUT2D eigenvalue weighted by molar-refractivity contribution is 7.85. The van der Waals surface area contributed by atoms with Gasteiger partial charge in [0, 0.05) is 9.79 Å². The second-order valence-electron chi connectivity index (χ2n) is 4.02. The molecule has 0 amide bonds. The summed E-state index contributed by atoms with van der Waals surface area (Å²) in [6.45, 7) is 2.00. The van der Waals surface area contributed by atoms with Crippen LogP contribution in [-0.2, 0) is 17.2 Å². The molecular weight excluding hydrogens is 242 g/mol. The number of hydrogen-bond donors (Lipinski definition) is 0. The van der Waals surface area contributed by atoms with Crippen LogP contribution in [0, 0.1) is 18.3 Å². The molecule has 0 unspecified atom stereocenters. The molecular formula is C15H13NOS. The van der Waals surface area contributed by atoms with Gasteiger partial charge < -0.3 is 0 Å². The van der Waals surface area contributed by atoms with Crippen molar-refractivity contribution in [2.75, 3.05) is 0 Å². The number of rotatable bonds is 3. The van der Waals surface area contributed by atoms with E-state index in [0.29, 0.717) is 0 Å². The maximum Gasteiger partial charge on any atom is 0.0852 e. The minimum Gasteiger partial charge on any atom is -0.249 e. The highest BCUT2D eigenvalue weighted by Crippen LogP contribution is 2.20. The number of benzene rings is 2. The molecule has 1 atom stereocenters. The van der Waals surface area contributed by atoms with Gasteiger partial charge in [-0.05, 0) is 30.7 Å². The van der Waals surface area contributed by atoms with Crippen LogP contribution < -0.4 is 0 Å². The van der Waals surface area contributed by atoms with Crippen molar-refractivity contribution < 1.29 is 4.21 Å². The van der Waals surface area contributed by atoms with Gasteiger partial charge in [-0.1, -0.05) is 35.9 Å². The van der Waals surface area contributed by atoms with E-state index in [-0.39, 0.29) is 6.42 Å². The average molecular weight is 255 g/mol. The summed E-state index contributed by atoms with van der Waals surface area (Å²) in [5, 5.41) is 8.78. The van der Waals surface area contributed by atoms with E-state index >= 15 is 0 Å². The molecule has 0 saturated carbocycles. The zero-order valence-electron chi connectivity index (χ0n) is 10.1. The molecule has 0 fully saturated rings. The Morgan fingerprint density at radius 1 is 1.11 bits per heavy atom. The standard InChI is InChI=1S/C15H13NOS/c1-12-6-8-14(9-7-12)18(17)15-5-3-2-4-13(15)10-11-16/h2-9H,10H2,1H3/t18-/m0/s1. The van der Waals surface area contributed by atoms with E-state index in [0.717, 1.165) is 20.9 Å². The monoisotopic (exact) mass is 255 g/mol. The zero-order chi connectivity index (χ0) is 13.0. The van der Waals surface area contributed by atoms with Crippen molar-refractivity contribution in [3.63, 3.8) is 0 Å². The van der Waals surface area contributed by atoms with Crippen molar-refractivity contribution in [3.8, 4) is 6.07 Å². The van der Waals surface area contributed by atoms with Crippen molar-refractivity contribution in [2.45, 2.75) is 23.1 Å². The summed E-state index contributed by atoms with van der Waals surface area (Å²) in [5.74, 6) is 0. The highest BCUT2D eigenvalue weighted by atomic mass is 32.2. The van der Waals surface area contributed by atoms with Gasteiger partial charge in [0.2, 0.25) is 0 Å². The minimum absolute atomic E-state index is 0.285. The first-order valence-corrected chi connectivity index (χ1v) is 6.80. The lowest BCUT2D eigenvalue weighted by molar-refractivity contribution is 0.682. The number of nitriles is 1. The molecule has 0 aliphatic carbocycles. The third-order valence-corrected chi connectivity index (χ3v) is 4.17. The molecule has 0 aromatic heterocycles. The molecule has 2 aromatic rings. The Bertz CT molecular complexity index is 611. The van der Waals surface area contributed by atoms with Gasteiger partial charge in [0.25, 0.3) is 0 Å². The maximum atomic E-state index is 12.5. The van der Waals surface area contributed by atoms with Crippen molar-refractivity contribution in [3.05, 3.63) is 59.7 Å². The molecule has 0 heterocycles. The van der Waals surface area contributed by atoms with Gasteiger partial charge in [-0.3, -0.25) is 0 Å². The third kappa shape index (κ3) is 2.66. The summed E-state index contributed by atoms with van der Waals surface area (Å²) in [4.78, 5) is 1.49. The van der Waals surface area contributed by atoms with Crippen LogP contribution in [0.5, 0.6) is 0 Å². The Morgan fingerprint density at radius 2 is 1.78 bits per heavy atom. The van der Waals surface area contributed by atoms with Gasteiger partial charge in [-0.2, -0.15) is 5.26 Å². The molecule has 0 N–H and O–H groups in total. The maximum absolute atomic E-state index is 12.5. The van der Waals surface area contributed by atoms with Crippen LogP contribution in [0.25, 0.3) is 0 Å². The summed E-state index contributed by atoms with van der Waals surface area (Å²) in [6.07, 6.45) is 0.285. The molecule has 18 heavy (non-hydrogen) atoms. The fourth-order valence-corrected chi connectivity index (χ4v) is 2.92. The SMILES string of the molecule is Cc1ccc([S@](=O)c2ccccc2CC#N)cc1. The normalized spacial score (nSPS) is 11.8. The number of nitrogens with zero attached hydrogens (tertiary/aromatic N) is 1. The summed E-state index contributed by atoms with van der Waals surface area (Å²) in [6, 6.07) is 17.1. The first kappa shape index (κ1) is 12.5. The van der Waals surface area contributed by atoms with Crippen LogP contribution in [0.2, 0.25) is 0 Å². The Balaban J connectivity index is 2.40. The van der Waals surface area contributed by atoms with Gasteiger partial charge in [0.05, 0.1) is 23.3 Å². The van der Waals surface area contributed by atoms with Gasteiger partial charge >= 0.3 is 0 Å². The largest absolute Gasteiger partial charge is 0.249 e. The Labute approximate surface area is 109 Å². The van der Waals surface area contributed by atoms with Crippen LogP contribution in [0.4, 0.5) is 0 Å². The topological polar surface area (TPSA) is 40.9 Å². The lowest BCUT2D eigenvalue weighted by Crippen LogP contribution is -1.98. The van der Waals surface area contributed by atoms with Crippen LogP contribution >= 0.6 is 0 Å². The number of hydrogen-bond acceptors (Lipinski definition) is 2. The first-order chi connectivity index (χ1) is 8.72. The van der Waals surface area contributed by atoms with E-state index in [1.165, 1.54) is 0 Å². The zero-order valence-corrected chi connectivity index (χ0v) is 10.9.